The molecular weight excluding hydrogens is 192 g/mol. The molecule has 15 heavy (non-hydrogen) atoms. The molecule has 80 valence electrons. The number of nitrogens with zero attached hydrogens (tertiary/aromatic N) is 1. The van der Waals surface area contributed by atoms with Gasteiger partial charge in [-0.1, -0.05) is 12.1 Å². The molecule has 1 aliphatic heterocycles. The van der Waals surface area contributed by atoms with Crippen molar-refractivity contribution < 1.29 is 9.63 Å². The molecule has 4 heteroatoms. The fourth-order valence-electron chi connectivity index (χ4n) is 1.62. The first-order chi connectivity index (χ1) is 7.31. The molecule has 1 fully saturated rings. The molecule has 1 aromatic carbocycles. The van der Waals surface area contributed by atoms with E-state index in [1.165, 1.54) is 5.06 Å². The van der Waals surface area contributed by atoms with E-state index in [9.17, 15) is 4.79 Å². The summed E-state index contributed by atoms with van der Waals surface area (Å²) in [7, 11) is 0. The predicted octanol–water partition coefficient (Wildman–Crippen LogP) is 0.856. The Morgan fingerprint density at radius 1 is 1.47 bits per heavy atom. The Balaban J connectivity index is 2.20. The third-order valence-electron chi connectivity index (χ3n) is 2.34. The van der Waals surface area contributed by atoms with E-state index in [0.717, 1.165) is 17.7 Å². The molecule has 0 aromatic heterocycles. The van der Waals surface area contributed by atoms with Crippen molar-refractivity contribution >= 4 is 11.6 Å². The number of hydrogen-bond acceptors (Lipinski definition) is 3. The molecule has 4 nitrogen and oxygen atoms in total. The minimum atomic E-state index is 0.0138. The molecule has 1 amide bonds. The molecule has 1 aromatic rings. The molecule has 0 spiro atoms. The number of benzene rings is 1. The van der Waals surface area contributed by atoms with Crippen LogP contribution in [0.4, 0.5) is 5.69 Å². The summed E-state index contributed by atoms with van der Waals surface area (Å²) >= 11 is 0. The lowest BCUT2D eigenvalue weighted by Gasteiger charge is -2.14. The van der Waals surface area contributed by atoms with Gasteiger partial charge in [0.2, 0.25) is 0 Å². The van der Waals surface area contributed by atoms with Crippen LogP contribution in [0, 0.1) is 0 Å². The van der Waals surface area contributed by atoms with E-state index in [-0.39, 0.29) is 5.91 Å². The average molecular weight is 206 g/mol. The van der Waals surface area contributed by atoms with Gasteiger partial charge in [0, 0.05) is 0 Å². The van der Waals surface area contributed by atoms with Crippen molar-refractivity contribution in [3.63, 3.8) is 0 Å². The maximum Gasteiger partial charge on any atom is 0.253 e. The molecule has 0 saturated carbocycles. The lowest BCUT2D eigenvalue weighted by Crippen LogP contribution is -2.22. The minimum absolute atomic E-state index is 0.0138. The topological polar surface area (TPSA) is 55.6 Å². The zero-order valence-electron chi connectivity index (χ0n) is 8.48. The van der Waals surface area contributed by atoms with Crippen molar-refractivity contribution in [2.24, 2.45) is 5.73 Å². The summed E-state index contributed by atoms with van der Waals surface area (Å²) in [5.74, 6) is 0.0138. The first-order valence-electron chi connectivity index (χ1n) is 5.06. The molecule has 0 unspecified atom stereocenters. The summed E-state index contributed by atoms with van der Waals surface area (Å²) in [4.78, 5) is 16.7. The van der Waals surface area contributed by atoms with Crippen molar-refractivity contribution in [1.82, 2.24) is 0 Å². The molecule has 1 aliphatic rings. The van der Waals surface area contributed by atoms with Gasteiger partial charge in [0.1, 0.15) is 0 Å². The normalized spacial score (nSPS) is 16.1. The average Bonchev–Trinajstić information content (AvgIpc) is 2.65. The maximum atomic E-state index is 11.4. The van der Waals surface area contributed by atoms with Crippen LogP contribution >= 0.6 is 0 Å². The van der Waals surface area contributed by atoms with E-state index in [0.29, 0.717) is 19.6 Å². The summed E-state index contributed by atoms with van der Waals surface area (Å²) in [6.45, 7) is 1.08. The summed E-state index contributed by atoms with van der Waals surface area (Å²) in [5.41, 5.74) is 7.40. The van der Waals surface area contributed by atoms with Crippen molar-refractivity contribution in [3.8, 4) is 0 Å². The monoisotopic (exact) mass is 206 g/mol. The lowest BCUT2D eigenvalue weighted by molar-refractivity contribution is -0.119. The molecule has 0 bridgehead atoms. The zero-order chi connectivity index (χ0) is 10.7. The summed E-state index contributed by atoms with van der Waals surface area (Å²) in [6.07, 6.45) is 1.27. The standard InChI is InChI=1S/C11H14N2O2/c12-6-4-9-2-1-3-10(8-9)13-11(14)5-7-15-13/h1-3,8H,4-7,12H2. The minimum Gasteiger partial charge on any atom is -0.330 e. The summed E-state index contributed by atoms with van der Waals surface area (Å²) in [6, 6.07) is 7.71. The first-order valence-corrected chi connectivity index (χ1v) is 5.06. The molecule has 1 heterocycles. The highest BCUT2D eigenvalue weighted by Crippen LogP contribution is 2.21. The van der Waals surface area contributed by atoms with Gasteiger partial charge in [-0.3, -0.25) is 9.63 Å². The van der Waals surface area contributed by atoms with Gasteiger partial charge in [-0.15, -0.1) is 0 Å². The van der Waals surface area contributed by atoms with E-state index in [1.807, 2.05) is 24.3 Å². The SMILES string of the molecule is NCCc1cccc(N2OCCC2=O)c1. The Morgan fingerprint density at radius 3 is 3.00 bits per heavy atom. The molecule has 0 aliphatic carbocycles. The highest BCUT2D eigenvalue weighted by Gasteiger charge is 2.23. The van der Waals surface area contributed by atoms with E-state index in [1.54, 1.807) is 0 Å². The van der Waals surface area contributed by atoms with Gasteiger partial charge in [0.05, 0.1) is 18.7 Å². The number of carbonyl (C=O) groups is 1. The molecule has 2 rings (SSSR count). The van der Waals surface area contributed by atoms with Crippen LogP contribution in [0.1, 0.15) is 12.0 Å². The Hall–Kier alpha value is -1.39. The second kappa shape index (κ2) is 4.42. The van der Waals surface area contributed by atoms with Gasteiger partial charge in [-0.05, 0) is 30.7 Å². The van der Waals surface area contributed by atoms with Crippen LogP contribution in [-0.2, 0) is 16.1 Å². The summed E-state index contributed by atoms with van der Waals surface area (Å²) in [5, 5.41) is 1.36. The lowest BCUT2D eigenvalue weighted by atomic mass is 10.1. The first kappa shape index (κ1) is 10.1. The van der Waals surface area contributed by atoms with Crippen LogP contribution < -0.4 is 10.8 Å². The highest BCUT2D eigenvalue weighted by molar-refractivity contribution is 5.92. The van der Waals surface area contributed by atoms with E-state index < -0.39 is 0 Å². The Morgan fingerprint density at radius 2 is 2.33 bits per heavy atom. The van der Waals surface area contributed by atoms with E-state index >= 15 is 0 Å². The number of nitrogens with two attached hydrogens (primary N) is 1. The van der Waals surface area contributed by atoms with Gasteiger partial charge in [0.15, 0.2) is 0 Å². The van der Waals surface area contributed by atoms with Gasteiger partial charge in [0.25, 0.3) is 5.91 Å². The largest absolute Gasteiger partial charge is 0.330 e. The molecule has 2 N–H and O–H groups in total. The quantitative estimate of drug-likeness (QED) is 0.797. The van der Waals surface area contributed by atoms with Crippen LogP contribution in [0.25, 0.3) is 0 Å². The predicted molar refractivity (Wildman–Crippen MR) is 57.3 cm³/mol. The van der Waals surface area contributed by atoms with Crippen molar-refractivity contribution in [3.05, 3.63) is 29.8 Å². The molecular formula is C11H14N2O2. The number of carbonyl (C=O) groups excluding carboxylic acids is 1. The second-order valence-electron chi connectivity index (χ2n) is 3.48. The third-order valence-corrected chi connectivity index (χ3v) is 2.34. The van der Waals surface area contributed by atoms with Gasteiger partial charge in [-0.2, -0.15) is 5.06 Å². The molecule has 0 atom stereocenters. The van der Waals surface area contributed by atoms with Crippen LogP contribution in [0.2, 0.25) is 0 Å². The Labute approximate surface area is 88.6 Å². The van der Waals surface area contributed by atoms with Crippen LogP contribution in [-0.4, -0.2) is 19.1 Å². The third kappa shape index (κ3) is 2.16. The number of anilines is 1. The van der Waals surface area contributed by atoms with E-state index in [2.05, 4.69) is 0 Å². The number of hydroxylamine groups is 1. The molecule has 0 radical (unpaired) electrons. The highest BCUT2D eigenvalue weighted by atomic mass is 16.7. The fraction of sp³-hybridized carbons (Fsp3) is 0.364. The number of rotatable bonds is 3. The number of amides is 1. The van der Waals surface area contributed by atoms with Gasteiger partial charge >= 0.3 is 0 Å². The Kier molecular flexibility index (Phi) is 2.99. The number of hydrogen-bond donors (Lipinski definition) is 1. The fourth-order valence-corrected chi connectivity index (χ4v) is 1.62. The van der Waals surface area contributed by atoms with Crippen LogP contribution in [0.15, 0.2) is 24.3 Å². The van der Waals surface area contributed by atoms with E-state index in [4.69, 9.17) is 10.6 Å². The van der Waals surface area contributed by atoms with Crippen LogP contribution in [0.3, 0.4) is 0 Å². The summed E-state index contributed by atoms with van der Waals surface area (Å²) < 4.78 is 0. The smallest absolute Gasteiger partial charge is 0.253 e. The van der Waals surface area contributed by atoms with Gasteiger partial charge < -0.3 is 5.73 Å². The second-order valence-corrected chi connectivity index (χ2v) is 3.48. The molecule has 1 saturated heterocycles. The van der Waals surface area contributed by atoms with Crippen molar-refractivity contribution in [2.75, 3.05) is 18.2 Å². The van der Waals surface area contributed by atoms with Gasteiger partial charge in [-0.25, -0.2) is 0 Å². The van der Waals surface area contributed by atoms with Crippen molar-refractivity contribution in [1.29, 1.82) is 0 Å². The van der Waals surface area contributed by atoms with Crippen LogP contribution in [0.5, 0.6) is 0 Å². The van der Waals surface area contributed by atoms with Crippen molar-refractivity contribution in [2.45, 2.75) is 12.8 Å². The Bertz CT molecular complexity index is 365. The zero-order valence-corrected chi connectivity index (χ0v) is 8.48. The maximum absolute atomic E-state index is 11.4.